The third kappa shape index (κ3) is 3.58. The predicted octanol–water partition coefficient (Wildman–Crippen LogP) is 0.209. The lowest BCUT2D eigenvalue weighted by atomic mass is 10.2. The Hall–Kier alpha value is -0.970. The molecule has 1 rings (SSSR count). The van der Waals surface area contributed by atoms with E-state index >= 15 is 0 Å². The van der Waals surface area contributed by atoms with Crippen LogP contribution in [0.2, 0.25) is 0 Å². The summed E-state index contributed by atoms with van der Waals surface area (Å²) in [4.78, 5) is 24.5. The summed E-state index contributed by atoms with van der Waals surface area (Å²) in [6, 6.07) is -0.502. The normalized spacial score (nSPS) is 17.3. The van der Waals surface area contributed by atoms with Gasteiger partial charge in [0.25, 0.3) is 0 Å². The van der Waals surface area contributed by atoms with Gasteiger partial charge in [0.2, 0.25) is 11.8 Å². The maximum Gasteiger partial charge on any atom is 0.246 e. The molecular weight excluding hydrogens is 212 g/mol. The summed E-state index contributed by atoms with van der Waals surface area (Å²) in [6.45, 7) is 2.75. The smallest absolute Gasteiger partial charge is 0.246 e. The second-order valence-corrected chi connectivity index (χ2v) is 3.85. The zero-order valence-corrected chi connectivity index (χ0v) is 9.67. The largest absolute Gasteiger partial charge is 0.344 e. The molecule has 0 bridgehead atoms. The van der Waals surface area contributed by atoms with Crippen LogP contribution in [0.4, 0.5) is 0 Å². The van der Waals surface area contributed by atoms with Gasteiger partial charge in [-0.1, -0.05) is 12.2 Å². The van der Waals surface area contributed by atoms with Gasteiger partial charge >= 0.3 is 0 Å². The fraction of sp³-hybridized carbons (Fsp3) is 0.600. The van der Waals surface area contributed by atoms with Gasteiger partial charge in [-0.15, -0.1) is 0 Å². The molecule has 0 aliphatic carbocycles. The van der Waals surface area contributed by atoms with E-state index in [2.05, 4.69) is 24.0 Å². The first-order valence-corrected chi connectivity index (χ1v) is 5.60. The molecule has 1 unspecified atom stereocenters. The minimum atomic E-state index is -0.502. The SMILES string of the molecule is CC(=O)NC(CS)C(=O)N1CC=CCC1. The van der Waals surface area contributed by atoms with E-state index in [9.17, 15) is 9.59 Å². The van der Waals surface area contributed by atoms with Gasteiger partial charge in [0, 0.05) is 25.8 Å². The van der Waals surface area contributed by atoms with Crippen LogP contribution in [0, 0.1) is 0 Å². The average molecular weight is 228 g/mol. The van der Waals surface area contributed by atoms with E-state index in [-0.39, 0.29) is 11.8 Å². The number of carbonyl (C=O) groups is 2. The number of carbonyl (C=O) groups excluding carboxylic acids is 2. The van der Waals surface area contributed by atoms with Gasteiger partial charge in [0.05, 0.1) is 0 Å². The highest BCUT2D eigenvalue weighted by atomic mass is 32.1. The molecule has 1 heterocycles. The number of nitrogens with zero attached hydrogens (tertiary/aromatic N) is 1. The zero-order valence-electron chi connectivity index (χ0n) is 8.77. The molecule has 84 valence electrons. The Morgan fingerprint density at radius 1 is 1.53 bits per heavy atom. The van der Waals surface area contributed by atoms with Crippen LogP contribution in [0.25, 0.3) is 0 Å². The van der Waals surface area contributed by atoms with Crippen molar-refractivity contribution in [2.24, 2.45) is 0 Å². The Morgan fingerprint density at radius 3 is 2.73 bits per heavy atom. The number of rotatable bonds is 3. The van der Waals surface area contributed by atoms with Crippen LogP contribution in [0.3, 0.4) is 0 Å². The van der Waals surface area contributed by atoms with Crippen molar-refractivity contribution in [3.05, 3.63) is 12.2 Å². The van der Waals surface area contributed by atoms with E-state index in [1.165, 1.54) is 6.92 Å². The van der Waals surface area contributed by atoms with Crippen LogP contribution in [-0.2, 0) is 9.59 Å². The molecule has 0 fully saturated rings. The molecule has 2 amide bonds. The van der Waals surface area contributed by atoms with E-state index in [4.69, 9.17) is 0 Å². The first-order chi connectivity index (χ1) is 7.15. The van der Waals surface area contributed by atoms with Crippen molar-refractivity contribution in [2.75, 3.05) is 18.8 Å². The van der Waals surface area contributed by atoms with Crippen LogP contribution in [0.15, 0.2) is 12.2 Å². The van der Waals surface area contributed by atoms with Crippen molar-refractivity contribution in [3.8, 4) is 0 Å². The van der Waals surface area contributed by atoms with E-state index < -0.39 is 6.04 Å². The molecule has 1 aliphatic heterocycles. The molecule has 0 aromatic carbocycles. The first-order valence-electron chi connectivity index (χ1n) is 4.97. The molecule has 0 spiro atoms. The molecule has 0 radical (unpaired) electrons. The quantitative estimate of drug-likeness (QED) is 0.536. The van der Waals surface area contributed by atoms with E-state index in [0.29, 0.717) is 12.3 Å². The lowest BCUT2D eigenvalue weighted by molar-refractivity contribution is -0.135. The Morgan fingerprint density at radius 2 is 2.27 bits per heavy atom. The second kappa shape index (κ2) is 5.80. The predicted molar refractivity (Wildman–Crippen MR) is 61.8 cm³/mol. The second-order valence-electron chi connectivity index (χ2n) is 3.48. The van der Waals surface area contributed by atoms with Crippen molar-refractivity contribution < 1.29 is 9.59 Å². The summed E-state index contributed by atoms with van der Waals surface area (Å²) in [7, 11) is 0. The maximum absolute atomic E-state index is 11.9. The third-order valence-corrected chi connectivity index (χ3v) is 2.59. The lowest BCUT2D eigenvalue weighted by Gasteiger charge is -2.27. The lowest BCUT2D eigenvalue weighted by Crippen LogP contribution is -2.49. The maximum atomic E-state index is 11.9. The number of amides is 2. The molecule has 0 saturated carbocycles. The first kappa shape index (κ1) is 12.1. The summed E-state index contributed by atoms with van der Waals surface area (Å²) in [5, 5.41) is 2.60. The van der Waals surface area contributed by atoms with Gasteiger partial charge in [0.15, 0.2) is 0 Å². The number of hydrogen-bond donors (Lipinski definition) is 2. The Labute approximate surface area is 95.1 Å². The molecule has 15 heavy (non-hydrogen) atoms. The zero-order chi connectivity index (χ0) is 11.3. The molecule has 1 aliphatic rings. The fourth-order valence-corrected chi connectivity index (χ4v) is 1.74. The summed E-state index contributed by atoms with van der Waals surface area (Å²) in [5.41, 5.74) is 0. The fourth-order valence-electron chi connectivity index (χ4n) is 1.49. The van der Waals surface area contributed by atoms with E-state index in [0.717, 1.165) is 13.0 Å². The van der Waals surface area contributed by atoms with Crippen LogP contribution < -0.4 is 5.32 Å². The van der Waals surface area contributed by atoms with Gasteiger partial charge in [-0.2, -0.15) is 12.6 Å². The average Bonchev–Trinajstić information content (AvgIpc) is 2.26. The van der Waals surface area contributed by atoms with Crippen molar-refractivity contribution in [3.63, 3.8) is 0 Å². The van der Waals surface area contributed by atoms with Gasteiger partial charge in [-0.3, -0.25) is 9.59 Å². The van der Waals surface area contributed by atoms with E-state index in [1.807, 2.05) is 6.08 Å². The molecule has 0 aromatic heterocycles. The topological polar surface area (TPSA) is 49.4 Å². The van der Waals surface area contributed by atoms with Crippen LogP contribution in [0.5, 0.6) is 0 Å². The molecule has 1 N–H and O–H groups in total. The molecule has 5 heteroatoms. The Bertz CT molecular complexity index is 279. The summed E-state index contributed by atoms with van der Waals surface area (Å²) in [6.07, 6.45) is 4.90. The van der Waals surface area contributed by atoms with Crippen molar-refractivity contribution in [1.29, 1.82) is 0 Å². The Kier molecular flexibility index (Phi) is 4.68. The van der Waals surface area contributed by atoms with Gasteiger partial charge in [0.1, 0.15) is 6.04 Å². The van der Waals surface area contributed by atoms with Gasteiger partial charge in [-0.05, 0) is 6.42 Å². The summed E-state index contributed by atoms with van der Waals surface area (Å²) >= 11 is 4.07. The monoisotopic (exact) mass is 228 g/mol. The number of nitrogens with one attached hydrogen (secondary N) is 1. The summed E-state index contributed by atoms with van der Waals surface area (Å²) in [5.74, 6) is 0.0815. The van der Waals surface area contributed by atoms with Crippen molar-refractivity contribution in [1.82, 2.24) is 10.2 Å². The molecule has 1 atom stereocenters. The van der Waals surface area contributed by atoms with Gasteiger partial charge in [-0.25, -0.2) is 0 Å². The molecule has 4 nitrogen and oxygen atoms in total. The van der Waals surface area contributed by atoms with Crippen molar-refractivity contribution in [2.45, 2.75) is 19.4 Å². The number of hydrogen-bond acceptors (Lipinski definition) is 3. The molecular formula is C10H16N2O2S. The van der Waals surface area contributed by atoms with Crippen LogP contribution >= 0.6 is 12.6 Å². The Balaban J connectivity index is 2.55. The van der Waals surface area contributed by atoms with Gasteiger partial charge < -0.3 is 10.2 Å². The highest BCUT2D eigenvalue weighted by Gasteiger charge is 2.23. The highest BCUT2D eigenvalue weighted by molar-refractivity contribution is 7.80. The highest BCUT2D eigenvalue weighted by Crippen LogP contribution is 2.04. The standard InChI is InChI=1S/C10H16N2O2S/c1-8(13)11-9(7-15)10(14)12-5-3-2-4-6-12/h2-3,9,15H,4-7H2,1H3,(H,11,13). The molecule has 0 saturated heterocycles. The molecule has 0 aromatic rings. The van der Waals surface area contributed by atoms with Crippen LogP contribution in [-0.4, -0.2) is 41.6 Å². The third-order valence-electron chi connectivity index (χ3n) is 2.23. The van der Waals surface area contributed by atoms with Crippen molar-refractivity contribution >= 4 is 24.4 Å². The van der Waals surface area contributed by atoms with E-state index in [1.54, 1.807) is 4.90 Å². The minimum Gasteiger partial charge on any atom is -0.344 e. The minimum absolute atomic E-state index is 0.0513. The van der Waals surface area contributed by atoms with Crippen LogP contribution in [0.1, 0.15) is 13.3 Å². The number of thiol groups is 1. The summed E-state index contributed by atoms with van der Waals surface area (Å²) < 4.78 is 0.